The molecule has 134 valence electrons. The third-order valence-electron chi connectivity index (χ3n) is 4.68. The molecule has 0 spiro atoms. The van der Waals surface area contributed by atoms with E-state index in [1.165, 1.54) is 11.1 Å². The first kappa shape index (κ1) is 18.1. The standard InChI is InChI=1S/C22H25N3O/c1-18(20-10-6-3-7-11-20)23-17-24-22-15-25(13-12-21(22)16-26)14-19-8-4-2-5-9-19/h2-11,16-18H,12-15H2,1H3,(H,23,24). The van der Waals surface area contributed by atoms with Crippen molar-refractivity contribution in [3.05, 3.63) is 83.1 Å². The Labute approximate surface area is 155 Å². The van der Waals surface area contributed by atoms with Crippen molar-refractivity contribution in [1.29, 1.82) is 0 Å². The van der Waals surface area contributed by atoms with Crippen molar-refractivity contribution in [2.75, 3.05) is 13.1 Å². The van der Waals surface area contributed by atoms with Gasteiger partial charge in [-0.1, -0.05) is 60.7 Å². The molecule has 0 radical (unpaired) electrons. The molecule has 1 aliphatic rings. The topological polar surface area (TPSA) is 44.7 Å². The summed E-state index contributed by atoms with van der Waals surface area (Å²) in [5, 5.41) is 3.25. The molecule has 1 unspecified atom stereocenters. The maximum atomic E-state index is 11.4. The fraction of sp³-hybridized carbons (Fsp3) is 0.273. The number of nitrogens with zero attached hydrogens (tertiary/aromatic N) is 2. The fourth-order valence-corrected chi connectivity index (χ4v) is 3.12. The summed E-state index contributed by atoms with van der Waals surface area (Å²) >= 11 is 0. The van der Waals surface area contributed by atoms with E-state index >= 15 is 0 Å². The first-order chi connectivity index (χ1) is 12.8. The van der Waals surface area contributed by atoms with Crippen molar-refractivity contribution in [1.82, 2.24) is 10.2 Å². The second-order valence-electron chi connectivity index (χ2n) is 6.58. The number of hydrogen-bond donors (Lipinski definition) is 1. The van der Waals surface area contributed by atoms with E-state index in [1.807, 2.05) is 24.3 Å². The molecule has 3 rings (SSSR count). The highest BCUT2D eigenvalue weighted by atomic mass is 16.1. The van der Waals surface area contributed by atoms with Crippen LogP contribution >= 0.6 is 0 Å². The molecule has 0 saturated heterocycles. The minimum absolute atomic E-state index is 0.0768. The quantitative estimate of drug-likeness (QED) is 0.472. The zero-order valence-corrected chi connectivity index (χ0v) is 15.1. The van der Waals surface area contributed by atoms with Gasteiger partial charge in [0.05, 0.1) is 12.4 Å². The first-order valence-electron chi connectivity index (χ1n) is 9.03. The number of aldehydes is 1. The lowest BCUT2D eigenvalue weighted by Crippen LogP contribution is -2.36. The van der Waals surface area contributed by atoms with Crippen LogP contribution in [0.5, 0.6) is 0 Å². The molecular formula is C22H25N3O. The summed E-state index contributed by atoms with van der Waals surface area (Å²) in [6, 6.07) is 20.7. The zero-order chi connectivity index (χ0) is 18.2. The summed E-state index contributed by atoms with van der Waals surface area (Å²) in [4.78, 5) is 18.3. The Morgan fingerprint density at radius 2 is 1.81 bits per heavy atom. The number of benzene rings is 2. The Morgan fingerprint density at radius 3 is 2.50 bits per heavy atom. The van der Waals surface area contributed by atoms with Crippen LogP contribution in [0.25, 0.3) is 0 Å². The van der Waals surface area contributed by atoms with Gasteiger partial charge in [0.1, 0.15) is 6.29 Å². The Morgan fingerprint density at radius 1 is 1.12 bits per heavy atom. The molecule has 4 nitrogen and oxygen atoms in total. The highest BCUT2D eigenvalue weighted by Gasteiger charge is 2.18. The molecule has 2 aromatic carbocycles. The van der Waals surface area contributed by atoms with Crippen LogP contribution in [0.1, 0.15) is 30.5 Å². The monoisotopic (exact) mass is 347 g/mol. The Kier molecular flexibility index (Phi) is 6.34. The van der Waals surface area contributed by atoms with Crippen LogP contribution in [-0.4, -0.2) is 30.6 Å². The minimum Gasteiger partial charge on any atom is -0.349 e. The number of nitrogens with one attached hydrogen (secondary N) is 1. The summed E-state index contributed by atoms with van der Waals surface area (Å²) in [6.07, 6.45) is 3.46. The van der Waals surface area contributed by atoms with E-state index in [4.69, 9.17) is 0 Å². The Balaban J connectivity index is 1.61. The summed E-state index contributed by atoms with van der Waals surface area (Å²) < 4.78 is 0. The van der Waals surface area contributed by atoms with Gasteiger partial charge in [0.2, 0.25) is 0 Å². The van der Waals surface area contributed by atoms with Gasteiger partial charge in [-0.15, -0.1) is 0 Å². The minimum atomic E-state index is 0.0768. The number of aliphatic imine (C=N–C) groups is 1. The largest absolute Gasteiger partial charge is 0.349 e. The maximum Gasteiger partial charge on any atom is 0.147 e. The predicted octanol–water partition coefficient (Wildman–Crippen LogP) is 3.72. The molecule has 1 aliphatic heterocycles. The molecule has 2 aromatic rings. The van der Waals surface area contributed by atoms with E-state index in [0.29, 0.717) is 0 Å². The number of carbonyl (C=O) groups excluding carboxylic acids is 1. The summed E-state index contributed by atoms with van der Waals surface area (Å²) in [5.74, 6) is 0. The van der Waals surface area contributed by atoms with E-state index in [-0.39, 0.29) is 6.04 Å². The smallest absolute Gasteiger partial charge is 0.147 e. The van der Waals surface area contributed by atoms with Crippen LogP contribution < -0.4 is 5.32 Å². The molecule has 1 heterocycles. The van der Waals surface area contributed by atoms with Crippen LogP contribution in [0.15, 0.2) is 76.9 Å². The van der Waals surface area contributed by atoms with Crippen molar-refractivity contribution < 1.29 is 4.79 Å². The van der Waals surface area contributed by atoms with Gasteiger partial charge in [-0.25, -0.2) is 0 Å². The van der Waals surface area contributed by atoms with Crippen molar-refractivity contribution in [3.8, 4) is 0 Å². The van der Waals surface area contributed by atoms with Gasteiger partial charge in [0, 0.05) is 30.9 Å². The van der Waals surface area contributed by atoms with Gasteiger partial charge in [-0.3, -0.25) is 14.7 Å². The van der Waals surface area contributed by atoms with Crippen LogP contribution in [0, 0.1) is 0 Å². The summed E-state index contributed by atoms with van der Waals surface area (Å²) in [5.41, 5.74) is 4.25. The second-order valence-corrected chi connectivity index (χ2v) is 6.58. The van der Waals surface area contributed by atoms with Crippen molar-refractivity contribution in [2.45, 2.75) is 25.9 Å². The first-order valence-corrected chi connectivity index (χ1v) is 9.03. The molecular weight excluding hydrogens is 322 g/mol. The molecule has 0 fully saturated rings. The second kappa shape index (κ2) is 9.11. The maximum absolute atomic E-state index is 11.4. The lowest BCUT2D eigenvalue weighted by Gasteiger charge is -2.29. The highest BCUT2D eigenvalue weighted by Crippen LogP contribution is 2.18. The van der Waals surface area contributed by atoms with E-state index in [1.54, 1.807) is 6.34 Å². The summed E-state index contributed by atoms with van der Waals surface area (Å²) in [7, 11) is 0. The molecule has 26 heavy (non-hydrogen) atoms. The van der Waals surface area contributed by atoms with Gasteiger partial charge in [0.25, 0.3) is 0 Å². The van der Waals surface area contributed by atoms with Crippen molar-refractivity contribution >= 4 is 12.6 Å². The highest BCUT2D eigenvalue weighted by molar-refractivity contribution is 5.76. The van der Waals surface area contributed by atoms with Gasteiger partial charge >= 0.3 is 0 Å². The summed E-state index contributed by atoms with van der Waals surface area (Å²) in [6.45, 7) is 4.57. The van der Waals surface area contributed by atoms with Crippen molar-refractivity contribution in [3.63, 3.8) is 0 Å². The van der Waals surface area contributed by atoms with Crippen LogP contribution in [0.4, 0.5) is 0 Å². The molecule has 0 aliphatic carbocycles. The van der Waals surface area contributed by atoms with E-state index in [0.717, 1.165) is 43.6 Å². The van der Waals surface area contributed by atoms with Crippen LogP contribution in [0.2, 0.25) is 0 Å². The average Bonchev–Trinajstić information content (AvgIpc) is 2.69. The van der Waals surface area contributed by atoms with Gasteiger partial charge in [-0.05, 0) is 24.5 Å². The fourth-order valence-electron chi connectivity index (χ4n) is 3.12. The lowest BCUT2D eigenvalue weighted by molar-refractivity contribution is -0.105. The molecule has 0 amide bonds. The predicted molar refractivity (Wildman–Crippen MR) is 106 cm³/mol. The van der Waals surface area contributed by atoms with Crippen LogP contribution in [-0.2, 0) is 11.3 Å². The number of carbonyl (C=O) groups is 1. The van der Waals surface area contributed by atoms with Gasteiger partial charge in [0.15, 0.2) is 0 Å². The van der Waals surface area contributed by atoms with Gasteiger partial charge < -0.3 is 5.32 Å². The SMILES string of the molecule is CC(N=CNC1=C(C=O)CCN(Cc2ccccc2)C1)c1ccccc1. The van der Waals surface area contributed by atoms with E-state index in [2.05, 4.69) is 58.5 Å². The van der Waals surface area contributed by atoms with Crippen LogP contribution in [0.3, 0.4) is 0 Å². The number of hydrogen-bond acceptors (Lipinski definition) is 3. The van der Waals surface area contributed by atoms with Crippen molar-refractivity contribution in [2.24, 2.45) is 4.99 Å². The molecule has 0 aromatic heterocycles. The third kappa shape index (κ3) is 4.90. The van der Waals surface area contributed by atoms with Gasteiger partial charge in [-0.2, -0.15) is 0 Å². The molecule has 1 atom stereocenters. The number of rotatable bonds is 7. The van der Waals surface area contributed by atoms with E-state index < -0.39 is 0 Å². The zero-order valence-electron chi connectivity index (χ0n) is 15.1. The Bertz CT molecular complexity index is 768. The molecule has 0 saturated carbocycles. The molecule has 0 bridgehead atoms. The normalized spacial score (nSPS) is 16.7. The average molecular weight is 347 g/mol. The Hall–Kier alpha value is -2.72. The lowest BCUT2D eigenvalue weighted by atomic mass is 10.1. The molecule has 4 heteroatoms. The third-order valence-corrected chi connectivity index (χ3v) is 4.68. The molecule has 1 N–H and O–H groups in total. The van der Waals surface area contributed by atoms with E-state index in [9.17, 15) is 4.79 Å².